The Labute approximate surface area is 131 Å². The van der Waals surface area contributed by atoms with Crippen molar-refractivity contribution in [1.29, 1.82) is 0 Å². The Kier molecular flexibility index (Phi) is 3.82. The van der Waals surface area contributed by atoms with Gasteiger partial charge in [0.15, 0.2) is 5.82 Å². The van der Waals surface area contributed by atoms with Crippen LogP contribution >= 0.6 is 22.9 Å². The first-order chi connectivity index (χ1) is 10.1. The molecule has 0 bridgehead atoms. The summed E-state index contributed by atoms with van der Waals surface area (Å²) < 4.78 is 1.02. The number of likely N-dealkylation sites (tertiary alicyclic amines) is 1. The number of halogens is 1. The van der Waals surface area contributed by atoms with Crippen molar-refractivity contribution < 1.29 is 4.79 Å². The monoisotopic (exact) mass is 322 g/mol. The number of thiophene rings is 1. The highest BCUT2D eigenvalue weighted by Gasteiger charge is 2.29. The van der Waals surface area contributed by atoms with Gasteiger partial charge >= 0.3 is 0 Å². The summed E-state index contributed by atoms with van der Waals surface area (Å²) in [5.41, 5.74) is 0.860. The largest absolute Gasteiger partial charge is 0.354 e. The van der Waals surface area contributed by atoms with Gasteiger partial charge in [-0.2, -0.15) is 4.98 Å². The fourth-order valence-corrected chi connectivity index (χ4v) is 3.65. The van der Waals surface area contributed by atoms with Crippen LogP contribution in [0.5, 0.6) is 0 Å². The molecular weight excluding hydrogens is 308 g/mol. The van der Waals surface area contributed by atoms with Gasteiger partial charge < -0.3 is 9.80 Å². The van der Waals surface area contributed by atoms with Crippen molar-refractivity contribution in [2.24, 2.45) is 0 Å². The van der Waals surface area contributed by atoms with E-state index in [0.717, 1.165) is 29.0 Å². The fraction of sp³-hybridized carbons (Fsp3) is 0.357. The van der Waals surface area contributed by atoms with E-state index in [2.05, 4.69) is 21.4 Å². The third-order valence-corrected chi connectivity index (χ3v) is 4.86. The van der Waals surface area contributed by atoms with Crippen LogP contribution in [0.4, 0.5) is 5.82 Å². The Morgan fingerprint density at radius 2 is 2.43 bits per heavy atom. The summed E-state index contributed by atoms with van der Waals surface area (Å²) in [6, 6.07) is 2.16. The molecule has 0 unspecified atom stereocenters. The zero-order valence-electron chi connectivity index (χ0n) is 11.6. The molecule has 5 nitrogen and oxygen atoms in total. The molecule has 21 heavy (non-hydrogen) atoms. The number of carbonyl (C=O) groups excluding carboxylic acids is 1. The van der Waals surface area contributed by atoms with Gasteiger partial charge in [-0.3, -0.25) is 4.79 Å². The van der Waals surface area contributed by atoms with E-state index in [1.807, 2.05) is 23.4 Å². The van der Waals surface area contributed by atoms with Crippen LogP contribution in [0.3, 0.4) is 0 Å². The summed E-state index contributed by atoms with van der Waals surface area (Å²) in [5.74, 6) is 0.811. The van der Waals surface area contributed by atoms with Gasteiger partial charge in [-0.15, -0.1) is 11.3 Å². The van der Waals surface area contributed by atoms with Crippen LogP contribution in [-0.2, 0) is 4.79 Å². The number of rotatable bonds is 3. The second-order valence-electron chi connectivity index (χ2n) is 4.99. The van der Waals surface area contributed by atoms with Crippen LogP contribution < -0.4 is 4.90 Å². The van der Waals surface area contributed by atoms with E-state index in [4.69, 9.17) is 11.6 Å². The molecule has 2 aromatic heterocycles. The van der Waals surface area contributed by atoms with Crippen LogP contribution in [0.15, 0.2) is 24.1 Å². The van der Waals surface area contributed by atoms with E-state index in [-0.39, 0.29) is 17.2 Å². The highest BCUT2D eigenvalue weighted by Crippen LogP contribution is 2.31. The number of likely N-dealkylation sites (N-methyl/N-ethyl adjacent to an activating group) is 1. The minimum absolute atomic E-state index is 0.0205. The summed E-state index contributed by atoms with van der Waals surface area (Å²) in [5, 5.41) is 2.23. The number of nitrogens with zero attached hydrogens (tertiary/aromatic N) is 4. The molecule has 0 aliphatic carbocycles. The average Bonchev–Trinajstić information content (AvgIpc) is 3.13. The highest BCUT2D eigenvalue weighted by atomic mass is 35.5. The molecular formula is C14H15ClN4OS. The van der Waals surface area contributed by atoms with Crippen molar-refractivity contribution in [1.82, 2.24) is 14.9 Å². The topological polar surface area (TPSA) is 49.3 Å². The molecule has 1 saturated heterocycles. The van der Waals surface area contributed by atoms with Crippen LogP contribution in [-0.4, -0.2) is 47.0 Å². The van der Waals surface area contributed by atoms with Crippen molar-refractivity contribution in [3.63, 3.8) is 0 Å². The van der Waals surface area contributed by atoms with Gasteiger partial charge in [0.25, 0.3) is 0 Å². The van der Waals surface area contributed by atoms with Crippen molar-refractivity contribution in [3.05, 3.63) is 29.4 Å². The van der Waals surface area contributed by atoms with E-state index in [1.54, 1.807) is 11.3 Å². The average molecular weight is 323 g/mol. The molecule has 0 N–H and O–H groups in total. The molecule has 0 spiro atoms. The third kappa shape index (κ3) is 2.61. The molecule has 3 rings (SSSR count). The Hall–Kier alpha value is -1.66. The molecule has 1 aliphatic heterocycles. The Balaban J connectivity index is 1.88. The predicted octanol–water partition coefficient (Wildman–Crippen LogP) is 2.57. The summed E-state index contributed by atoms with van der Waals surface area (Å²) in [7, 11) is 1.99. The lowest BCUT2D eigenvalue weighted by Crippen LogP contribution is -2.36. The Morgan fingerprint density at radius 1 is 1.62 bits per heavy atom. The summed E-state index contributed by atoms with van der Waals surface area (Å²) in [6.07, 6.45) is 2.27. The van der Waals surface area contributed by atoms with Crippen molar-refractivity contribution in [2.45, 2.75) is 12.5 Å². The standard InChI is InChI=1S/C14H15ClN4OS/c1-3-11(20)19-6-4-9(8-19)18(2)13-12-10(5-7-21-12)16-14(15)17-13/h3,5,7,9H,1,4,6,8H2,2H3/t9-/m1/s1. The normalized spacial score (nSPS) is 18.2. The van der Waals surface area contributed by atoms with E-state index in [9.17, 15) is 4.79 Å². The smallest absolute Gasteiger partial charge is 0.246 e. The highest BCUT2D eigenvalue weighted by molar-refractivity contribution is 7.17. The molecule has 0 saturated carbocycles. The van der Waals surface area contributed by atoms with Crippen LogP contribution in [0, 0.1) is 0 Å². The van der Waals surface area contributed by atoms with Crippen molar-refractivity contribution >= 4 is 44.9 Å². The number of hydrogen-bond acceptors (Lipinski definition) is 5. The number of anilines is 1. The van der Waals surface area contributed by atoms with Crippen molar-refractivity contribution in [2.75, 3.05) is 25.0 Å². The molecule has 1 atom stereocenters. The Morgan fingerprint density at radius 3 is 3.19 bits per heavy atom. The first kappa shape index (κ1) is 14.3. The van der Waals surface area contributed by atoms with Gasteiger partial charge in [0.1, 0.15) is 0 Å². The van der Waals surface area contributed by atoms with Gasteiger partial charge in [-0.25, -0.2) is 4.98 Å². The minimum atomic E-state index is -0.0205. The maximum atomic E-state index is 11.7. The SMILES string of the molecule is C=CC(=O)N1CC[C@@H](N(C)c2nc(Cl)nc3ccsc23)C1. The van der Waals surface area contributed by atoms with Crippen LogP contribution in [0.1, 0.15) is 6.42 Å². The van der Waals surface area contributed by atoms with Gasteiger partial charge in [-0.05, 0) is 35.5 Å². The number of fused-ring (bicyclic) bond motifs is 1. The minimum Gasteiger partial charge on any atom is -0.354 e. The number of hydrogen-bond donors (Lipinski definition) is 0. The molecule has 110 valence electrons. The van der Waals surface area contributed by atoms with E-state index in [0.29, 0.717) is 6.54 Å². The lowest BCUT2D eigenvalue weighted by molar-refractivity contribution is -0.125. The van der Waals surface area contributed by atoms with Crippen molar-refractivity contribution in [3.8, 4) is 0 Å². The van der Waals surface area contributed by atoms with E-state index < -0.39 is 0 Å². The number of amides is 1. The van der Waals surface area contributed by atoms with Gasteiger partial charge in [0.2, 0.25) is 11.2 Å². The van der Waals surface area contributed by atoms with Gasteiger partial charge in [-0.1, -0.05) is 6.58 Å². The second-order valence-corrected chi connectivity index (χ2v) is 6.25. The quantitative estimate of drug-likeness (QED) is 0.644. The van der Waals surface area contributed by atoms with Gasteiger partial charge in [0.05, 0.1) is 10.2 Å². The number of carbonyl (C=O) groups is 1. The van der Waals surface area contributed by atoms with Crippen LogP contribution in [0.25, 0.3) is 10.2 Å². The predicted molar refractivity (Wildman–Crippen MR) is 86.0 cm³/mol. The molecule has 3 heterocycles. The summed E-state index contributed by atoms with van der Waals surface area (Å²) >= 11 is 7.61. The molecule has 1 amide bonds. The zero-order valence-corrected chi connectivity index (χ0v) is 13.2. The van der Waals surface area contributed by atoms with Crippen LogP contribution in [0.2, 0.25) is 5.28 Å². The molecule has 1 aliphatic rings. The Bertz CT molecular complexity index is 701. The molecule has 7 heteroatoms. The molecule has 2 aromatic rings. The zero-order chi connectivity index (χ0) is 15.0. The lowest BCUT2D eigenvalue weighted by atomic mass is 10.2. The molecule has 1 fully saturated rings. The first-order valence-electron chi connectivity index (χ1n) is 6.65. The summed E-state index contributed by atoms with van der Waals surface area (Å²) in [4.78, 5) is 24.2. The maximum absolute atomic E-state index is 11.7. The van der Waals surface area contributed by atoms with E-state index >= 15 is 0 Å². The maximum Gasteiger partial charge on any atom is 0.246 e. The number of aromatic nitrogens is 2. The molecule has 0 aromatic carbocycles. The van der Waals surface area contributed by atoms with Gasteiger partial charge in [0, 0.05) is 26.2 Å². The first-order valence-corrected chi connectivity index (χ1v) is 7.91. The lowest BCUT2D eigenvalue weighted by Gasteiger charge is -2.26. The second kappa shape index (κ2) is 5.61. The molecule has 0 radical (unpaired) electrons. The fourth-order valence-electron chi connectivity index (χ4n) is 2.62. The third-order valence-electron chi connectivity index (χ3n) is 3.79. The summed E-state index contributed by atoms with van der Waals surface area (Å²) in [6.45, 7) is 4.96. The van der Waals surface area contributed by atoms with E-state index in [1.165, 1.54) is 6.08 Å².